The molecule has 0 aromatic carbocycles. The van der Waals surface area contributed by atoms with Crippen molar-refractivity contribution in [3.8, 4) is 0 Å². The minimum atomic E-state index is 0.238. The van der Waals surface area contributed by atoms with Crippen LogP contribution in [-0.2, 0) is 4.79 Å². The van der Waals surface area contributed by atoms with Crippen molar-refractivity contribution in [2.45, 2.75) is 32.1 Å². The fourth-order valence-corrected chi connectivity index (χ4v) is 2.73. The first-order valence-electron chi connectivity index (χ1n) is 6.45. The van der Waals surface area contributed by atoms with Crippen molar-refractivity contribution in [1.29, 1.82) is 0 Å². The highest BCUT2D eigenvalue weighted by molar-refractivity contribution is 5.79. The van der Waals surface area contributed by atoms with Crippen LogP contribution in [0, 0.1) is 11.8 Å². The van der Waals surface area contributed by atoms with E-state index in [9.17, 15) is 4.79 Å². The molecule has 0 aromatic heterocycles. The van der Waals surface area contributed by atoms with Crippen molar-refractivity contribution in [3.63, 3.8) is 0 Å². The summed E-state index contributed by atoms with van der Waals surface area (Å²) in [5, 5.41) is 0. The molecule has 2 N–H and O–H groups in total. The number of rotatable bonds is 2. The predicted molar refractivity (Wildman–Crippen MR) is 64.8 cm³/mol. The highest BCUT2D eigenvalue weighted by atomic mass is 16.2. The molecule has 0 radical (unpaired) electrons. The van der Waals surface area contributed by atoms with Crippen LogP contribution < -0.4 is 5.73 Å². The Labute approximate surface area is 97.7 Å². The molecule has 2 atom stereocenters. The normalized spacial score (nSPS) is 30.4. The van der Waals surface area contributed by atoms with Crippen molar-refractivity contribution >= 4 is 5.91 Å². The molecule has 1 aliphatic carbocycles. The topological polar surface area (TPSA) is 46.3 Å². The Hall–Kier alpha value is -0.830. The second kappa shape index (κ2) is 5.48. The van der Waals surface area contributed by atoms with Crippen molar-refractivity contribution in [2.75, 3.05) is 19.6 Å². The average molecular weight is 222 g/mol. The molecule has 3 heteroatoms. The molecular formula is C13H22N2O. The van der Waals surface area contributed by atoms with Gasteiger partial charge in [0.1, 0.15) is 0 Å². The maximum Gasteiger partial charge on any atom is 0.226 e. The van der Waals surface area contributed by atoms with Crippen LogP contribution in [0.3, 0.4) is 0 Å². The summed E-state index contributed by atoms with van der Waals surface area (Å²) < 4.78 is 0. The van der Waals surface area contributed by atoms with Gasteiger partial charge in [-0.15, -0.1) is 0 Å². The minimum absolute atomic E-state index is 0.238. The molecule has 1 saturated heterocycles. The molecule has 1 heterocycles. The van der Waals surface area contributed by atoms with Crippen LogP contribution in [0.1, 0.15) is 32.1 Å². The number of nitrogens with zero attached hydrogens (tertiary/aromatic N) is 1. The van der Waals surface area contributed by atoms with Gasteiger partial charge in [0, 0.05) is 19.0 Å². The van der Waals surface area contributed by atoms with Gasteiger partial charge in [-0.05, 0) is 44.6 Å². The van der Waals surface area contributed by atoms with E-state index in [0.29, 0.717) is 18.4 Å². The SMILES string of the molecule is NCC1CCCN(C(=O)C2CC=CCC2)C1. The summed E-state index contributed by atoms with van der Waals surface area (Å²) in [6.45, 7) is 2.54. The van der Waals surface area contributed by atoms with Gasteiger partial charge in [-0.25, -0.2) is 0 Å². The number of carbonyl (C=O) groups excluding carboxylic acids is 1. The zero-order chi connectivity index (χ0) is 11.4. The smallest absolute Gasteiger partial charge is 0.226 e. The Morgan fingerprint density at radius 3 is 2.94 bits per heavy atom. The summed E-state index contributed by atoms with van der Waals surface area (Å²) >= 11 is 0. The lowest BCUT2D eigenvalue weighted by atomic mass is 9.91. The lowest BCUT2D eigenvalue weighted by Crippen LogP contribution is -2.44. The van der Waals surface area contributed by atoms with E-state index >= 15 is 0 Å². The third-order valence-electron chi connectivity index (χ3n) is 3.78. The summed E-state index contributed by atoms with van der Waals surface area (Å²) in [4.78, 5) is 14.3. The highest BCUT2D eigenvalue weighted by Crippen LogP contribution is 2.23. The van der Waals surface area contributed by atoms with E-state index in [1.165, 1.54) is 6.42 Å². The molecular weight excluding hydrogens is 200 g/mol. The molecule has 1 aliphatic heterocycles. The van der Waals surface area contributed by atoms with E-state index in [4.69, 9.17) is 5.73 Å². The third-order valence-corrected chi connectivity index (χ3v) is 3.78. The molecule has 3 nitrogen and oxygen atoms in total. The molecule has 0 bridgehead atoms. The van der Waals surface area contributed by atoms with Crippen LogP contribution in [0.5, 0.6) is 0 Å². The van der Waals surface area contributed by atoms with Crippen molar-refractivity contribution in [1.82, 2.24) is 4.90 Å². The summed E-state index contributed by atoms with van der Waals surface area (Å²) in [5.74, 6) is 1.13. The van der Waals surface area contributed by atoms with E-state index in [0.717, 1.165) is 38.8 Å². The maximum atomic E-state index is 12.3. The maximum absolute atomic E-state index is 12.3. The van der Waals surface area contributed by atoms with Crippen LogP contribution >= 0.6 is 0 Å². The number of carbonyl (C=O) groups is 1. The Kier molecular flexibility index (Phi) is 3.99. The van der Waals surface area contributed by atoms with E-state index in [-0.39, 0.29) is 5.92 Å². The second-order valence-electron chi connectivity index (χ2n) is 5.01. The van der Waals surface area contributed by atoms with Gasteiger partial charge in [-0.1, -0.05) is 12.2 Å². The van der Waals surface area contributed by atoms with Gasteiger partial charge in [0.2, 0.25) is 5.91 Å². The quantitative estimate of drug-likeness (QED) is 0.720. The van der Waals surface area contributed by atoms with Gasteiger partial charge >= 0.3 is 0 Å². The summed E-state index contributed by atoms with van der Waals surface area (Å²) in [7, 11) is 0. The molecule has 2 unspecified atom stereocenters. The molecule has 16 heavy (non-hydrogen) atoms. The molecule has 90 valence electrons. The highest BCUT2D eigenvalue weighted by Gasteiger charge is 2.28. The fourth-order valence-electron chi connectivity index (χ4n) is 2.73. The standard InChI is InChI=1S/C13H22N2O/c14-9-11-5-4-8-15(10-11)13(16)12-6-2-1-3-7-12/h1-2,11-12H,3-10,14H2. The molecule has 1 fully saturated rings. The third kappa shape index (κ3) is 2.64. The molecule has 2 aliphatic rings. The molecule has 1 amide bonds. The first kappa shape index (κ1) is 11.6. The Balaban J connectivity index is 1.90. The summed E-state index contributed by atoms with van der Waals surface area (Å²) in [6.07, 6.45) is 9.66. The minimum Gasteiger partial charge on any atom is -0.342 e. The fraction of sp³-hybridized carbons (Fsp3) is 0.769. The van der Waals surface area contributed by atoms with Crippen molar-refractivity contribution in [3.05, 3.63) is 12.2 Å². The summed E-state index contributed by atoms with van der Waals surface area (Å²) in [5.41, 5.74) is 5.69. The van der Waals surface area contributed by atoms with Crippen LogP contribution in [0.25, 0.3) is 0 Å². The number of allylic oxidation sites excluding steroid dienone is 2. The average Bonchev–Trinajstić information content (AvgIpc) is 2.39. The van der Waals surface area contributed by atoms with Crippen LogP contribution in [-0.4, -0.2) is 30.4 Å². The zero-order valence-corrected chi connectivity index (χ0v) is 9.90. The van der Waals surface area contributed by atoms with Gasteiger partial charge in [0.15, 0.2) is 0 Å². The lowest BCUT2D eigenvalue weighted by molar-refractivity contribution is -0.137. The largest absolute Gasteiger partial charge is 0.342 e. The number of hydrogen-bond donors (Lipinski definition) is 1. The zero-order valence-electron chi connectivity index (χ0n) is 9.90. The Morgan fingerprint density at radius 1 is 1.38 bits per heavy atom. The van der Waals surface area contributed by atoms with Gasteiger partial charge < -0.3 is 10.6 Å². The van der Waals surface area contributed by atoms with Gasteiger partial charge in [-0.2, -0.15) is 0 Å². The van der Waals surface area contributed by atoms with Crippen LogP contribution in [0.2, 0.25) is 0 Å². The molecule has 0 aromatic rings. The van der Waals surface area contributed by atoms with E-state index < -0.39 is 0 Å². The summed E-state index contributed by atoms with van der Waals surface area (Å²) in [6, 6.07) is 0. The second-order valence-corrected chi connectivity index (χ2v) is 5.01. The van der Waals surface area contributed by atoms with Crippen molar-refractivity contribution < 1.29 is 4.79 Å². The first-order chi connectivity index (χ1) is 7.81. The van der Waals surface area contributed by atoms with Crippen LogP contribution in [0.15, 0.2) is 12.2 Å². The monoisotopic (exact) mass is 222 g/mol. The number of hydrogen-bond acceptors (Lipinski definition) is 2. The van der Waals surface area contributed by atoms with Gasteiger partial charge in [-0.3, -0.25) is 4.79 Å². The van der Waals surface area contributed by atoms with Crippen molar-refractivity contribution in [2.24, 2.45) is 17.6 Å². The lowest BCUT2D eigenvalue weighted by Gasteiger charge is -2.34. The first-order valence-corrected chi connectivity index (χ1v) is 6.45. The van der Waals surface area contributed by atoms with E-state index in [1.807, 2.05) is 4.90 Å². The Bertz CT molecular complexity index is 275. The molecule has 0 saturated carbocycles. The number of likely N-dealkylation sites (tertiary alicyclic amines) is 1. The number of piperidine rings is 1. The van der Waals surface area contributed by atoms with Crippen LogP contribution in [0.4, 0.5) is 0 Å². The predicted octanol–water partition coefficient (Wildman–Crippen LogP) is 1.54. The number of nitrogens with two attached hydrogens (primary N) is 1. The Morgan fingerprint density at radius 2 is 2.25 bits per heavy atom. The molecule has 0 spiro atoms. The van der Waals surface area contributed by atoms with E-state index in [1.54, 1.807) is 0 Å². The van der Waals surface area contributed by atoms with Gasteiger partial charge in [0.05, 0.1) is 0 Å². The molecule has 2 rings (SSSR count). The van der Waals surface area contributed by atoms with E-state index in [2.05, 4.69) is 12.2 Å². The van der Waals surface area contributed by atoms with Gasteiger partial charge in [0.25, 0.3) is 0 Å². The number of amides is 1.